The van der Waals surface area contributed by atoms with Crippen LogP contribution in [0.2, 0.25) is 0 Å². The summed E-state index contributed by atoms with van der Waals surface area (Å²) in [6.45, 7) is 6.78. The number of rotatable bonds is 4. The molecule has 0 spiro atoms. The Labute approximate surface area is 122 Å². The summed E-state index contributed by atoms with van der Waals surface area (Å²) in [6.07, 6.45) is 6.32. The summed E-state index contributed by atoms with van der Waals surface area (Å²) >= 11 is 0. The number of pyridine rings is 1. The van der Waals surface area contributed by atoms with Gasteiger partial charge in [0.1, 0.15) is 0 Å². The first-order chi connectivity index (χ1) is 7.92. The highest BCUT2D eigenvalue weighted by Crippen LogP contribution is 2.24. The molecule has 0 aromatic carbocycles. The molecule has 1 N–H and O–H groups in total. The van der Waals surface area contributed by atoms with E-state index in [0.717, 1.165) is 26.2 Å². The topological polar surface area (TPSA) is 28.2 Å². The Morgan fingerprint density at radius 2 is 2.06 bits per heavy atom. The van der Waals surface area contributed by atoms with Crippen molar-refractivity contribution in [3.05, 3.63) is 30.1 Å². The molecule has 1 fully saturated rings. The van der Waals surface area contributed by atoms with Gasteiger partial charge in [0.2, 0.25) is 0 Å². The zero-order chi connectivity index (χ0) is 11.2. The molecule has 0 saturated carbocycles. The zero-order valence-electron chi connectivity index (χ0n) is 10.8. The largest absolute Gasteiger partial charge is 0.314 e. The van der Waals surface area contributed by atoms with E-state index in [4.69, 9.17) is 0 Å². The van der Waals surface area contributed by atoms with Crippen LogP contribution in [0.25, 0.3) is 0 Å². The number of nitrogens with zero attached hydrogens (tertiary/aromatic N) is 2. The van der Waals surface area contributed by atoms with E-state index in [0.29, 0.717) is 6.04 Å². The maximum absolute atomic E-state index is 4.24. The average Bonchev–Trinajstić information content (AvgIpc) is 2.38. The summed E-state index contributed by atoms with van der Waals surface area (Å²) in [6, 6.07) is 4.80. The Morgan fingerprint density at radius 3 is 2.61 bits per heavy atom. The van der Waals surface area contributed by atoms with Crippen molar-refractivity contribution in [2.75, 3.05) is 26.2 Å². The second-order valence-electron chi connectivity index (χ2n) is 4.38. The van der Waals surface area contributed by atoms with E-state index in [1.807, 2.05) is 18.5 Å². The normalized spacial score (nSPS) is 17.4. The third-order valence-corrected chi connectivity index (χ3v) is 3.22. The molecule has 1 aromatic heterocycles. The lowest BCUT2D eigenvalue weighted by molar-refractivity contribution is 0.164. The van der Waals surface area contributed by atoms with Gasteiger partial charge in [0.05, 0.1) is 0 Å². The standard InChI is InChI=1S/C13H21N3.2ClH/c1-2-4-13(12-5-3-6-15-11-12)16-9-7-14-8-10-16;;/h3,5-6,11,13-14H,2,4,7-10H2,1H3;2*1H/t13-;;/m1../s1. The molecule has 18 heavy (non-hydrogen) atoms. The Balaban J connectivity index is 0.00000144. The van der Waals surface area contributed by atoms with E-state index in [-0.39, 0.29) is 24.8 Å². The van der Waals surface area contributed by atoms with E-state index in [1.165, 1.54) is 18.4 Å². The minimum absolute atomic E-state index is 0. The van der Waals surface area contributed by atoms with E-state index >= 15 is 0 Å². The number of piperazine rings is 1. The number of hydrogen-bond donors (Lipinski definition) is 1. The lowest BCUT2D eigenvalue weighted by atomic mass is 10.0. The molecular formula is C13H23Cl2N3. The van der Waals surface area contributed by atoms with Crippen molar-refractivity contribution in [2.24, 2.45) is 0 Å². The van der Waals surface area contributed by atoms with E-state index in [9.17, 15) is 0 Å². The van der Waals surface area contributed by atoms with Crippen molar-refractivity contribution in [2.45, 2.75) is 25.8 Å². The van der Waals surface area contributed by atoms with E-state index in [2.05, 4.69) is 28.2 Å². The average molecular weight is 292 g/mol. The van der Waals surface area contributed by atoms with Gasteiger partial charge in [-0.15, -0.1) is 24.8 Å². The fourth-order valence-corrected chi connectivity index (χ4v) is 2.40. The van der Waals surface area contributed by atoms with E-state index in [1.54, 1.807) is 0 Å². The van der Waals surface area contributed by atoms with Gasteiger partial charge < -0.3 is 5.32 Å². The van der Waals surface area contributed by atoms with Crippen LogP contribution in [-0.4, -0.2) is 36.1 Å². The molecule has 5 heteroatoms. The lowest BCUT2D eigenvalue weighted by Gasteiger charge is -2.35. The van der Waals surface area contributed by atoms with Gasteiger partial charge in [-0.05, 0) is 18.1 Å². The minimum Gasteiger partial charge on any atom is -0.314 e. The van der Waals surface area contributed by atoms with Crippen LogP contribution in [0.1, 0.15) is 31.4 Å². The molecule has 0 aliphatic carbocycles. The van der Waals surface area contributed by atoms with Crippen LogP contribution in [0, 0.1) is 0 Å². The van der Waals surface area contributed by atoms with Gasteiger partial charge in [-0.3, -0.25) is 9.88 Å². The van der Waals surface area contributed by atoms with Crippen LogP contribution in [0.4, 0.5) is 0 Å². The summed E-state index contributed by atoms with van der Waals surface area (Å²) in [7, 11) is 0. The summed E-state index contributed by atoms with van der Waals surface area (Å²) in [5.74, 6) is 0. The minimum atomic E-state index is 0. The first kappa shape index (κ1) is 17.6. The van der Waals surface area contributed by atoms with Gasteiger partial charge in [0.25, 0.3) is 0 Å². The van der Waals surface area contributed by atoms with Crippen LogP contribution in [0.3, 0.4) is 0 Å². The molecule has 1 aliphatic heterocycles. The molecule has 1 atom stereocenters. The van der Waals surface area contributed by atoms with Crippen molar-refractivity contribution in [1.29, 1.82) is 0 Å². The quantitative estimate of drug-likeness (QED) is 0.925. The first-order valence-corrected chi connectivity index (χ1v) is 6.26. The highest BCUT2D eigenvalue weighted by Gasteiger charge is 2.21. The summed E-state index contributed by atoms with van der Waals surface area (Å²) in [4.78, 5) is 6.82. The molecule has 0 amide bonds. The van der Waals surface area contributed by atoms with Crippen LogP contribution < -0.4 is 5.32 Å². The highest BCUT2D eigenvalue weighted by atomic mass is 35.5. The monoisotopic (exact) mass is 291 g/mol. The van der Waals surface area contributed by atoms with Crippen molar-refractivity contribution in [1.82, 2.24) is 15.2 Å². The number of halogens is 2. The molecule has 0 unspecified atom stereocenters. The fourth-order valence-electron chi connectivity index (χ4n) is 2.40. The molecule has 1 aliphatic rings. The first-order valence-electron chi connectivity index (χ1n) is 6.26. The fraction of sp³-hybridized carbons (Fsp3) is 0.615. The van der Waals surface area contributed by atoms with E-state index < -0.39 is 0 Å². The molecule has 3 nitrogen and oxygen atoms in total. The zero-order valence-corrected chi connectivity index (χ0v) is 12.5. The molecule has 104 valence electrons. The Bertz CT molecular complexity index is 302. The predicted octanol–water partition coefficient (Wildman–Crippen LogP) is 2.67. The Kier molecular flexibility index (Phi) is 9.38. The third-order valence-electron chi connectivity index (χ3n) is 3.22. The highest BCUT2D eigenvalue weighted by molar-refractivity contribution is 5.85. The molecule has 1 aromatic rings. The molecule has 2 rings (SSSR count). The predicted molar refractivity (Wildman–Crippen MR) is 80.8 cm³/mol. The second-order valence-corrected chi connectivity index (χ2v) is 4.38. The maximum Gasteiger partial charge on any atom is 0.0364 e. The smallest absolute Gasteiger partial charge is 0.0364 e. The molecule has 0 bridgehead atoms. The number of nitrogens with one attached hydrogen (secondary N) is 1. The third kappa shape index (κ3) is 4.73. The molecule has 2 heterocycles. The lowest BCUT2D eigenvalue weighted by Crippen LogP contribution is -2.45. The van der Waals surface area contributed by atoms with Gasteiger partial charge in [0.15, 0.2) is 0 Å². The van der Waals surface area contributed by atoms with Gasteiger partial charge in [-0.2, -0.15) is 0 Å². The summed E-state index contributed by atoms with van der Waals surface area (Å²) in [5, 5.41) is 3.41. The van der Waals surface area contributed by atoms with Crippen LogP contribution >= 0.6 is 24.8 Å². The van der Waals surface area contributed by atoms with Gasteiger partial charge in [-0.1, -0.05) is 19.4 Å². The van der Waals surface area contributed by atoms with Crippen LogP contribution in [0.5, 0.6) is 0 Å². The second kappa shape index (κ2) is 9.56. The number of aromatic nitrogens is 1. The van der Waals surface area contributed by atoms with Crippen LogP contribution in [0.15, 0.2) is 24.5 Å². The van der Waals surface area contributed by atoms with Gasteiger partial charge in [-0.25, -0.2) is 0 Å². The molecule has 0 radical (unpaired) electrons. The Hall–Kier alpha value is -0.350. The van der Waals surface area contributed by atoms with Crippen molar-refractivity contribution < 1.29 is 0 Å². The molecular weight excluding hydrogens is 269 g/mol. The molecule has 1 saturated heterocycles. The van der Waals surface area contributed by atoms with Crippen molar-refractivity contribution in [3.8, 4) is 0 Å². The van der Waals surface area contributed by atoms with Gasteiger partial charge in [0, 0.05) is 44.6 Å². The maximum atomic E-state index is 4.24. The van der Waals surface area contributed by atoms with Crippen molar-refractivity contribution in [3.63, 3.8) is 0 Å². The van der Waals surface area contributed by atoms with Gasteiger partial charge >= 0.3 is 0 Å². The van der Waals surface area contributed by atoms with Crippen molar-refractivity contribution >= 4 is 24.8 Å². The number of hydrogen-bond acceptors (Lipinski definition) is 3. The Morgan fingerprint density at radius 1 is 1.33 bits per heavy atom. The summed E-state index contributed by atoms with van der Waals surface area (Å²) < 4.78 is 0. The summed E-state index contributed by atoms with van der Waals surface area (Å²) in [5.41, 5.74) is 1.37. The van der Waals surface area contributed by atoms with Crippen LogP contribution in [-0.2, 0) is 0 Å². The SMILES string of the molecule is CCC[C@H](c1cccnc1)N1CCNCC1.Cl.Cl.